The van der Waals surface area contributed by atoms with Crippen LogP contribution >= 0.6 is 0 Å². The lowest BCUT2D eigenvalue weighted by Gasteiger charge is -2.34. The number of aliphatic hydroxyl groups is 1. The number of sulfone groups is 1. The number of carbonyl (C=O) groups is 1. The van der Waals surface area contributed by atoms with Crippen molar-refractivity contribution in [2.24, 2.45) is 13.0 Å². The van der Waals surface area contributed by atoms with Crippen LogP contribution in [0.4, 0.5) is 0 Å². The Kier molecular flexibility index (Phi) is 5.23. The van der Waals surface area contributed by atoms with Crippen LogP contribution in [0, 0.1) is 5.92 Å². The minimum Gasteiger partial charge on any atom is -0.385 e. The summed E-state index contributed by atoms with van der Waals surface area (Å²) in [7, 11) is -1.27. The zero-order valence-electron chi connectivity index (χ0n) is 13.0. The predicted molar refractivity (Wildman–Crippen MR) is 81.8 cm³/mol. The topological polar surface area (TPSA) is 92.5 Å². The van der Waals surface area contributed by atoms with E-state index in [4.69, 9.17) is 0 Å². The fourth-order valence-corrected chi connectivity index (χ4v) is 3.31. The Balaban J connectivity index is 1.85. The second-order valence-corrected chi connectivity index (χ2v) is 8.20. The molecule has 7 nitrogen and oxygen atoms in total. The summed E-state index contributed by atoms with van der Waals surface area (Å²) in [5, 5.41) is 10.4. The quantitative estimate of drug-likeness (QED) is 0.829. The molecular formula is C14H23N3O4S. The number of amides is 1. The highest BCUT2D eigenvalue weighted by Crippen LogP contribution is 2.29. The van der Waals surface area contributed by atoms with E-state index in [9.17, 15) is 18.3 Å². The molecule has 124 valence electrons. The van der Waals surface area contributed by atoms with Crippen molar-refractivity contribution in [1.29, 1.82) is 0 Å². The molecule has 1 atom stereocenters. The Morgan fingerprint density at radius 1 is 1.45 bits per heavy atom. The van der Waals surface area contributed by atoms with Gasteiger partial charge in [-0.25, -0.2) is 13.4 Å². The summed E-state index contributed by atoms with van der Waals surface area (Å²) in [4.78, 5) is 17.8. The van der Waals surface area contributed by atoms with E-state index in [1.165, 1.54) is 0 Å². The van der Waals surface area contributed by atoms with E-state index >= 15 is 0 Å². The van der Waals surface area contributed by atoms with Gasteiger partial charge in [0.2, 0.25) is 5.91 Å². The third kappa shape index (κ3) is 4.30. The van der Waals surface area contributed by atoms with Crippen molar-refractivity contribution in [1.82, 2.24) is 14.5 Å². The maximum atomic E-state index is 12.0. The Hall–Kier alpha value is -1.41. The number of likely N-dealkylation sites (tertiary alicyclic amines) is 1. The first-order valence-corrected chi connectivity index (χ1v) is 9.45. The molecule has 2 heterocycles. The van der Waals surface area contributed by atoms with Gasteiger partial charge in [-0.05, 0) is 18.8 Å². The van der Waals surface area contributed by atoms with Gasteiger partial charge in [0.1, 0.15) is 21.8 Å². The van der Waals surface area contributed by atoms with Crippen molar-refractivity contribution >= 4 is 15.7 Å². The van der Waals surface area contributed by atoms with Gasteiger partial charge in [-0.2, -0.15) is 0 Å². The van der Waals surface area contributed by atoms with Crippen LogP contribution in [0.15, 0.2) is 12.4 Å². The van der Waals surface area contributed by atoms with Gasteiger partial charge in [-0.1, -0.05) is 0 Å². The van der Waals surface area contributed by atoms with Gasteiger partial charge in [-0.3, -0.25) is 4.79 Å². The number of hydrogen-bond donors (Lipinski definition) is 1. The largest absolute Gasteiger partial charge is 0.385 e. The summed E-state index contributed by atoms with van der Waals surface area (Å²) >= 11 is 0. The van der Waals surface area contributed by atoms with Crippen LogP contribution in [0.2, 0.25) is 0 Å². The highest BCUT2D eigenvalue weighted by atomic mass is 32.2. The number of aliphatic hydroxyl groups excluding tert-OH is 1. The molecule has 1 saturated heterocycles. The number of aromatic nitrogens is 2. The summed E-state index contributed by atoms with van der Waals surface area (Å²) < 4.78 is 24.0. The zero-order valence-corrected chi connectivity index (χ0v) is 13.8. The molecule has 1 aliphatic rings. The maximum absolute atomic E-state index is 12.0. The number of nitrogens with zero attached hydrogens (tertiary/aromatic N) is 3. The van der Waals surface area contributed by atoms with E-state index in [0.29, 0.717) is 31.8 Å². The van der Waals surface area contributed by atoms with Crippen molar-refractivity contribution in [2.45, 2.75) is 25.4 Å². The summed E-state index contributed by atoms with van der Waals surface area (Å²) in [5.41, 5.74) is 0. The highest BCUT2D eigenvalue weighted by Gasteiger charge is 2.30. The van der Waals surface area contributed by atoms with Gasteiger partial charge < -0.3 is 14.6 Å². The van der Waals surface area contributed by atoms with Crippen LogP contribution in [0.1, 0.15) is 31.2 Å². The van der Waals surface area contributed by atoms with Crippen LogP contribution < -0.4 is 0 Å². The van der Waals surface area contributed by atoms with Gasteiger partial charge in [0.05, 0.1) is 5.75 Å². The fraction of sp³-hybridized carbons (Fsp3) is 0.714. The van der Waals surface area contributed by atoms with Gasteiger partial charge in [0.25, 0.3) is 0 Å². The number of rotatable bonds is 5. The van der Waals surface area contributed by atoms with Gasteiger partial charge in [0, 0.05) is 45.2 Å². The monoisotopic (exact) mass is 329 g/mol. The SMILES string of the molecule is Cn1ccnc1C(O)C1CCN(C(=O)CCS(C)(=O)=O)CC1. The van der Waals surface area contributed by atoms with Crippen LogP contribution in [0.5, 0.6) is 0 Å². The molecule has 0 saturated carbocycles. The predicted octanol–water partition coefficient (Wildman–Crippen LogP) is 0.127. The summed E-state index contributed by atoms with van der Waals surface area (Å²) in [6, 6.07) is 0. The summed E-state index contributed by atoms with van der Waals surface area (Å²) in [6.45, 7) is 1.10. The Labute approximate surface area is 130 Å². The van der Waals surface area contributed by atoms with E-state index in [0.717, 1.165) is 6.26 Å². The zero-order chi connectivity index (χ0) is 16.3. The van der Waals surface area contributed by atoms with Crippen molar-refractivity contribution in [2.75, 3.05) is 25.1 Å². The molecule has 1 aromatic heterocycles. The first kappa shape index (κ1) is 17.0. The minimum atomic E-state index is -3.11. The van der Waals surface area contributed by atoms with E-state index in [1.54, 1.807) is 21.9 Å². The third-order valence-electron chi connectivity index (χ3n) is 4.15. The van der Waals surface area contributed by atoms with E-state index in [-0.39, 0.29) is 24.0 Å². The normalized spacial score (nSPS) is 18.4. The molecule has 0 spiro atoms. The first-order valence-electron chi connectivity index (χ1n) is 7.38. The lowest BCUT2D eigenvalue weighted by Crippen LogP contribution is -2.40. The molecule has 2 rings (SSSR count). The van der Waals surface area contributed by atoms with Crippen LogP contribution in [-0.2, 0) is 21.7 Å². The fourth-order valence-electron chi connectivity index (χ4n) is 2.77. The second-order valence-electron chi connectivity index (χ2n) is 5.94. The minimum absolute atomic E-state index is 0.0332. The summed E-state index contributed by atoms with van der Waals surface area (Å²) in [5.74, 6) is 0.471. The average Bonchev–Trinajstić information content (AvgIpc) is 2.89. The Morgan fingerprint density at radius 3 is 2.59 bits per heavy atom. The molecule has 22 heavy (non-hydrogen) atoms. The molecule has 0 aromatic carbocycles. The molecule has 1 fully saturated rings. The Bertz CT molecular complexity index is 618. The number of aryl methyl sites for hydroxylation is 1. The number of piperidine rings is 1. The molecule has 0 aliphatic carbocycles. The second kappa shape index (κ2) is 6.78. The van der Waals surface area contributed by atoms with Crippen molar-refractivity contribution < 1.29 is 18.3 Å². The van der Waals surface area contributed by atoms with Crippen molar-refractivity contribution in [3.8, 4) is 0 Å². The number of imidazole rings is 1. The van der Waals surface area contributed by atoms with E-state index < -0.39 is 15.9 Å². The van der Waals surface area contributed by atoms with E-state index in [2.05, 4.69) is 4.98 Å². The third-order valence-corrected chi connectivity index (χ3v) is 5.09. The van der Waals surface area contributed by atoms with Crippen LogP contribution in [-0.4, -0.2) is 59.0 Å². The lowest BCUT2D eigenvalue weighted by molar-refractivity contribution is -0.132. The highest BCUT2D eigenvalue weighted by molar-refractivity contribution is 7.90. The summed E-state index contributed by atoms with van der Waals surface area (Å²) in [6.07, 6.45) is 5.37. The average molecular weight is 329 g/mol. The lowest BCUT2D eigenvalue weighted by atomic mass is 9.90. The molecule has 1 unspecified atom stereocenters. The number of carbonyl (C=O) groups excluding carboxylic acids is 1. The standard InChI is InChI=1S/C14H23N3O4S/c1-16-9-6-15-14(16)13(19)11-3-7-17(8-4-11)12(18)5-10-22(2,20)21/h6,9,11,13,19H,3-5,7-8,10H2,1-2H3. The molecule has 1 N–H and O–H groups in total. The van der Waals surface area contributed by atoms with Crippen molar-refractivity contribution in [3.63, 3.8) is 0 Å². The van der Waals surface area contributed by atoms with Crippen LogP contribution in [0.3, 0.4) is 0 Å². The maximum Gasteiger partial charge on any atom is 0.223 e. The van der Waals surface area contributed by atoms with Crippen LogP contribution in [0.25, 0.3) is 0 Å². The molecule has 8 heteroatoms. The first-order chi connectivity index (χ1) is 10.3. The molecular weight excluding hydrogens is 306 g/mol. The smallest absolute Gasteiger partial charge is 0.223 e. The molecule has 0 radical (unpaired) electrons. The van der Waals surface area contributed by atoms with Crippen molar-refractivity contribution in [3.05, 3.63) is 18.2 Å². The van der Waals surface area contributed by atoms with Gasteiger partial charge >= 0.3 is 0 Å². The molecule has 1 aromatic rings. The molecule has 0 bridgehead atoms. The van der Waals surface area contributed by atoms with Gasteiger partial charge in [0.15, 0.2) is 0 Å². The van der Waals surface area contributed by atoms with Gasteiger partial charge in [-0.15, -0.1) is 0 Å². The molecule has 1 amide bonds. The molecule has 1 aliphatic heterocycles. The number of hydrogen-bond acceptors (Lipinski definition) is 5. The Morgan fingerprint density at radius 2 is 2.09 bits per heavy atom. The van der Waals surface area contributed by atoms with E-state index in [1.807, 2.05) is 7.05 Å².